The van der Waals surface area contributed by atoms with Gasteiger partial charge in [-0.05, 0) is 55.5 Å². The third-order valence-electron chi connectivity index (χ3n) is 3.12. The lowest BCUT2D eigenvalue weighted by atomic mass is 9.87. The van der Waals surface area contributed by atoms with Crippen molar-refractivity contribution in [2.75, 3.05) is 6.54 Å². The van der Waals surface area contributed by atoms with Crippen LogP contribution < -0.4 is 5.32 Å². The fraction of sp³-hybridized carbons (Fsp3) is 0.667. The number of furan rings is 1. The summed E-state index contributed by atoms with van der Waals surface area (Å²) in [5.41, 5.74) is 0. The summed E-state index contributed by atoms with van der Waals surface area (Å²) < 4.78 is 5.25. The van der Waals surface area contributed by atoms with Gasteiger partial charge in [0.1, 0.15) is 5.76 Å². The summed E-state index contributed by atoms with van der Waals surface area (Å²) in [6, 6.07) is 3.63. The highest BCUT2D eigenvalue weighted by atomic mass is 35.5. The van der Waals surface area contributed by atoms with E-state index in [0.29, 0.717) is 17.7 Å². The van der Waals surface area contributed by atoms with Gasteiger partial charge in [-0.1, -0.05) is 6.42 Å². The molecule has 1 aromatic rings. The zero-order valence-electron chi connectivity index (χ0n) is 9.29. The Hall–Kier alpha value is -0.510. The molecule has 16 heavy (non-hydrogen) atoms. The minimum absolute atomic E-state index is 0.0985. The van der Waals surface area contributed by atoms with E-state index in [4.69, 9.17) is 16.0 Å². The minimum atomic E-state index is -0.0985. The van der Waals surface area contributed by atoms with E-state index in [1.54, 1.807) is 6.07 Å². The smallest absolute Gasteiger partial charge is 0.193 e. The Labute approximate surface area is 101 Å². The Morgan fingerprint density at radius 1 is 1.44 bits per heavy atom. The first-order chi connectivity index (χ1) is 7.74. The maximum atomic E-state index is 9.54. The SMILES string of the molecule is OC1CCCC(CNCc2ccc(Cl)o2)C1. The second-order valence-electron chi connectivity index (χ2n) is 4.52. The maximum Gasteiger partial charge on any atom is 0.193 e. The normalized spacial score (nSPS) is 25.9. The molecule has 1 fully saturated rings. The fourth-order valence-corrected chi connectivity index (χ4v) is 2.46. The molecule has 1 aromatic heterocycles. The van der Waals surface area contributed by atoms with E-state index in [1.165, 1.54) is 6.42 Å². The van der Waals surface area contributed by atoms with Crippen LogP contribution in [-0.4, -0.2) is 17.8 Å². The second kappa shape index (κ2) is 5.71. The zero-order valence-corrected chi connectivity index (χ0v) is 10.0. The monoisotopic (exact) mass is 243 g/mol. The van der Waals surface area contributed by atoms with Crippen LogP contribution in [0.4, 0.5) is 0 Å². The van der Waals surface area contributed by atoms with Crippen molar-refractivity contribution in [2.24, 2.45) is 5.92 Å². The highest BCUT2D eigenvalue weighted by Crippen LogP contribution is 2.23. The number of aliphatic hydroxyl groups excluding tert-OH is 1. The van der Waals surface area contributed by atoms with Crippen molar-refractivity contribution in [3.63, 3.8) is 0 Å². The van der Waals surface area contributed by atoms with Gasteiger partial charge in [-0.3, -0.25) is 0 Å². The first-order valence-electron chi connectivity index (χ1n) is 5.87. The second-order valence-corrected chi connectivity index (χ2v) is 4.90. The molecule has 1 aliphatic carbocycles. The third-order valence-corrected chi connectivity index (χ3v) is 3.32. The number of aliphatic hydroxyl groups is 1. The van der Waals surface area contributed by atoms with E-state index in [-0.39, 0.29) is 6.10 Å². The van der Waals surface area contributed by atoms with Gasteiger partial charge >= 0.3 is 0 Å². The molecule has 0 bridgehead atoms. The van der Waals surface area contributed by atoms with Crippen molar-refractivity contribution < 1.29 is 9.52 Å². The van der Waals surface area contributed by atoms with E-state index in [0.717, 1.165) is 31.6 Å². The standard InChI is InChI=1S/C12H18ClNO2/c13-12-5-4-11(16-12)8-14-7-9-2-1-3-10(15)6-9/h4-5,9-10,14-15H,1-3,6-8H2. The molecule has 2 unspecified atom stereocenters. The first kappa shape index (κ1) is 12.0. The first-order valence-corrected chi connectivity index (χ1v) is 6.25. The minimum Gasteiger partial charge on any atom is -0.448 e. The van der Waals surface area contributed by atoms with Gasteiger partial charge < -0.3 is 14.8 Å². The summed E-state index contributed by atoms with van der Waals surface area (Å²) in [6.45, 7) is 1.65. The maximum absolute atomic E-state index is 9.54. The summed E-state index contributed by atoms with van der Waals surface area (Å²) in [7, 11) is 0. The van der Waals surface area contributed by atoms with E-state index < -0.39 is 0 Å². The Morgan fingerprint density at radius 3 is 3.00 bits per heavy atom. The number of hydrogen-bond acceptors (Lipinski definition) is 3. The lowest BCUT2D eigenvalue weighted by Gasteiger charge is -2.25. The summed E-state index contributed by atoms with van der Waals surface area (Å²) in [4.78, 5) is 0. The number of rotatable bonds is 4. The van der Waals surface area contributed by atoms with Crippen LogP contribution in [0.15, 0.2) is 16.5 Å². The largest absolute Gasteiger partial charge is 0.448 e. The van der Waals surface area contributed by atoms with Crippen molar-refractivity contribution in [1.82, 2.24) is 5.32 Å². The summed E-state index contributed by atoms with van der Waals surface area (Å²) >= 11 is 5.68. The van der Waals surface area contributed by atoms with Gasteiger partial charge in [0, 0.05) is 0 Å². The Kier molecular flexibility index (Phi) is 4.27. The van der Waals surface area contributed by atoms with Crippen LogP contribution in [0, 0.1) is 5.92 Å². The van der Waals surface area contributed by atoms with Crippen LogP contribution in [0.3, 0.4) is 0 Å². The van der Waals surface area contributed by atoms with Crippen molar-refractivity contribution in [1.29, 1.82) is 0 Å². The predicted molar refractivity (Wildman–Crippen MR) is 63.4 cm³/mol. The fourth-order valence-electron chi connectivity index (χ4n) is 2.29. The number of halogens is 1. The summed E-state index contributed by atoms with van der Waals surface area (Å²) in [5, 5.41) is 13.3. The quantitative estimate of drug-likeness (QED) is 0.855. The molecule has 4 heteroatoms. The molecule has 1 saturated carbocycles. The van der Waals surface area contributed by atoms with Gasteiger partial charge in [0.05, 0.1) is 12.6 Å². The van der Waals surface area contributed by atoms with Crippen LogP contribution in [0.1, 0.15) is 31.4 Å². The van der Waals surface area contributed by atoms with Crippen molar-refractivity contribution in [2.45, 2.75) is 38.3 Å². The van der Waals surface area contributed by atoms with Crippen LogP contribution in [0.25, 0.3) is 0 Å². The van der Waals surface area contributed by atoms with Gasteiger partial charge in [-0.25, -0.2) is 0 Å². The molecule has 1 aliphatic rings. The van der Waals surface area contributed by atoms with E-state index in [1.807, 2.05) is 6.07 Å². The Balaban J connectivity index is 1.67. The van der Waals surface area contributed by atoms with Gasteiger partial charge in [-0.2, -0.15) is 0 Å². The molecular weight excluding hydrogens is 226 g/mol. The number of hydrogen-bond donors (Lipinski definition) is 2. The van der Waals surface area contributed by atoms with Crippen LogP contribution in [0.5, 0.6) is 0 Å². The predicted octanol–water partition coefficient (Wildman–Crippen LogP) is 2.57. The van der Waals surface area contributed by atoms with Crippen LogP contribution >= 0.6 is 11.6 Å². The van der Waals surface area contributed by atoms with Crippen molar-refractivity contribution >= 4 is 11.6 Å². The molecule has 2 N–H and O–H groups in total. The third kappa shape index (κ3) is 3.51. The molecule has 0 aromatic carbocycles. The van der Waals surface area contributed by atoms with Crippen LogP contribution in [0.2, 0.25) is 5.22 Å². The van der Waals surface area contributed by atoms with E-state index >= 15 is 0 Å². The molecule has 3 nitrogen and oxygen atoms in total. The molecule has 0 saturated heterocycles. The van der Waals surface area contributed by atoms with Gasteiger partial charge in [0.2, 0.25) is 0 Å². The van der Waals surface area contributed by atoms with E-state index in [2.05, 4.69) is 5.32 Å². The van der Waals surface area contributed by atoms with Crippen molar-refractivity contribution in [3.8, 4) is 0 Å². The molecule has 0 radical (unpaired) electrons. The van der Waals surface area contributed by atoms with Crippen molar-refractivity contribution in [3.05, 3.63) is 23.1 Å². The highest BCUT2D eigenvalue weighted by Gasteiger charge is 2.19. The zero-order chi connectivity index (χ0) is 11.4. The molecule has 2 rings (SSSR count). The Morgan fingerprint density at radius 2 is 2.31 bits per heavy atom. The van der Waals surface area contributed by atoms with Gasteiger partial charge in [0.25, 0.3) is 0 Å². The summed E-state index contributed by atoms with van der Waals surface area (Å²) in [5.74, 6) is 1.45. The van der Waals surface area contributed by atoms with E-state index in [9.17, 15) is 5.11 Å². The molecule has 90 valence electrons. The van der Waals surface area contributed by atoms with Gasteiger partial charge in [0.15, 0.2) is 5.22 Å². The molecule has 0 spiro atoms. The average Bonchev–Trinajstić information content (AvgIpc) is 2.64. The molecule has 1 heterocycles. The molecule has 0 aliphatic heterocycles. The lowest BCUT2D eigenvalue weighted by molar-refractivity contribution is 0.100. The summed E-state index contributed by atoms with van der Waals surface area (Å²) in [6.07, 6.45) is 4.14. The number of nitrogens with one attached hydrogen (secondary N) is 1. The molecular formula is C12H18ClNO2. The van der Waals surface area contributed by atoms with Crippen LogP contribution in [-0.2, 0) is 6.54 Å². The average molecular weight is 244 g/mol. The lowest BCUT2D eigenvalue weighted by Crippen LogP contribution is -2.28. The molecule has 0 amide bonds. The molecule has 2 atom stereocenters. The van der Waals surface area contributed by atoms with Gasteiger partial charge in [-0.15, -0.1) is 0 Å². The topological polar surface area (TPSA) is 45.4 Å². The highest BCUT2D eigenvalue weighted by molar-refractivity contribution is 6.28. The Bertz CT molecular complexity index is 327.